The molecule has 0 radical (unpaired) electrons. The van der Waals surface area contributed by atoms with Crippen molar-refractivity contribution in [2.75, 3.05) is 12.3 Å². The molecule has 9 nitrogen and oxygen atoms in total. The van der Waals surface area contributed by atoms with Crippen molar-refractivity contribution in [3.8, 4) is 0 Å². The third kappa shape index (κ3) is 12.4. The van der Waals surface area contributed by atoms with Gasteiger partial charge in [0.1, 0.15) is 5.82 Å². The van der Waals surface area contributed by atoms with Crippen LogP contribution >= 0.6 is 0 Å². The molecule has 7 N–H and O–H groups in total. The largest absolute Gasteiger partial charge is 0.664 e. The predicted molar refractivity (Wildman–Crippen MR) is 202 cm³/mol. The number of carboxylic acids is 1. The van der Waals surface area contributed by atoms with Gasteiger partial charge in [0.05, 0.1) is 23.7 Å². The summed E-state index contributed by atoms with van der Waals surface area (Å²) in [6, 6.07) is 5.98. The second kappa shape index (κ2) is 20.5. The Labute approximate surface area is 306 Å². The molecule has 1 saturated carbocycles. The van der Waals surface area contributed by atoms with E-state index in [-0.39, 0.29) is 36.9 Å². The number of pyridine rings is 1. The first kappa shape index (κ1) is 41.0. The van der Waals surface area contributed by atoms with Crippen LogP contribution in [-0.2, 0) is 30.5 Å². The Morgan fingerprint density at radius 3 is 2.55 bits per heavy atom. The number of hydrogen-bond donors (Lipinski definition) is 6. The van der Waals surface area contributed by atoms with Gasteiger partial charge in [-0.3, -0.25) is 4.79 Å². The van der Waals surface area contributed by atoms with Gasteiger partial charge in [0.2, 0.25) is 0 Å². The number of rotatable bonds is 23. The van der Waals surface area contributed by atoms with Gasteiger partial charge in [-0.05, 0) is 119 Å². The first-order valence-corrected chi connectivity index (χ1v) is 20.0. The molecule has 8 atom stereocenters. The number of allylic oxidation sites excluding steroid dienone is 1. The fraction of sp³-hybridized carbons (Fsp3) is 0.714. The summed E-state index contributed by atoms with van der Waals surface area (Å²) in [5.41, 5.74) is 9.12. The molecule has 0 spiro atoms. The van der Waals surface area contributed by atoms with Crippen LogP contribution in [0.25, 0.3) is 0 Å². The molecule has 2 aliphatic carbocycles. The number of nitrogens with zero attached hydrogens (tertiary/aromatic N) is 2. The van der Waals surface area contributed by atoms with Gasteiger partial charge in [-0.25, -0.2) is 4.98 Å². The lowest BCUT2D eigenvalue weighted by Crippen LogP contribution is -2.37. The van der Waals surface area contributed by atoms with Crippen molar-refractivity contribution >= 4 is 11.8 Å². The van der Waals surface area contributed by atoms with Crippen LogP contribution in [0.3, 0.4) is 0 Å². The maximum absolute atomic E-state index is 12.3. The fourth-order valence-electron chi connectivity index (χ4n) is 8.90. The van der Waals surface area contributed by atoms with E-state index < -0.39 is 23.6 Å². The van der Waals surface area contributed by atoms with Crippen molar-refractivity contribution < 1.29 is 30.3 Å². The SMILES string of the molecule is CCCCCC1C=CC(CCCCCC(C(=O)O)C(O)CCC2(O)CC(Cc3ccnc(N)c3)CC2Cc2cc(CC)c(CCCO)[n-]2)C(O)C1. The van der Waals surface area contributed by atoms with E-state index in [1.807, 2.05) is 12.1 Å². The Hall–Kier alpha value is -2.72. The summed E-state index contributed by atoms with van der Waals surface area (Å²) in [6.07, 6.45) is 19.7. The summed E-state index contributed by atoms with van der Waals surface area (Å²) in [7, 11) is 0. The van der Waals surface area contributed by atoms with E-state index in [2.05, 4.69) is 37.0 Å². The maximum atomic E-state index is 12.3. The number of carboxylic acid groups (broad SMARTS) is 1. The van der Waals surface area contributed by atoms with Crippen molar-refractivity contribution in [3.63, 3.8) is 0 Å². The Kier molecular flexibility index (Phi) is 16.5. The standard InChI is InChI=1S/C42H66N3O6/c1-3-5-7-11-29-15-16-33(39(48)24-29)12-8-6-9-13-36(41(49)50)38(47)17-19-42(51)28-31(22-30-18-20-44-40(43)25-30)23-34(42)27-35-26-32(4-2)37(45-35)14-10-21-46/h15-16,18,20,25-26,29,31,33-34,36,38-39,46-48,51H,3-14,17,19,21-24,27-28H2,1-2H3,(H2,43,44)(H,49,50)/q-1. The second-order valence-electron chi connectivity index (χ2n) is 15.8. The average Bonchev–Trinajstić information content (AvgIpc) is 3.63. The summed E-state index contributed by atoms with van der Waals surface area (Å²) in [5, 5.41) is 53.6. The molecular weight excluding hydrogens is 642 g/mol. The van der Waals surface area contributed by atoms with Crippen LogP contribution in [0.5, 0.6) is 0 Å². The molecular formula is C42H66N3O6-. The number of aryl methyl sites for hydroxylation is 2. The first-order chi connectivity index (χ1) is 24.5. The number of aromatic nitrogens is 2. The van der Waals surface area contributed by atoms with Crippen LogP contribution in [0.15, 0.2) is 36.5 Å². The number of carbonyl (C=O) groups is 1. The van der Waals surface area contributed by atoms with E-state index in [0.717, 1.165) is 74.7 Å². The number of nitrogens with two attached hydrogens (primary N) is 1. The Bertz CT molecular complexity index is 1360. The van der Waals surface area contributed by atoms with Crippen LogP contribution in [0.4, 0.5) is 5.82 Å². The molecule has 2 aliphatic rings. The highest BCUT2D eigenvalue weighted by Gasteiger charge is 2.45. The lowest BCUT2D eigenvalue weighted by Gasteiger charge is -2.33. The van der Waals surface area contributed by atoms with Gasteiger partial charge in [-0.1, -0.05) is 76.2 Å². The monoisotopic (exact) mass is 708 g/mol. The van der Waals surface area contributed by atoms with Crippen molar-refractivity contribution in [3.05, 3.63) is 59.1 Å². The Morgan fingerprint density at radius 1 is 1.04 bits per heavy atom. The summed E-state index contributed by atoms with van der Waals surface area (Å²) in [5.74, 6) is -0.650. The van der Waals surface area contributed by atoms with Gasteiger partial charge in [0.15, 0.2) is 0 Å². The van der Waals surface area contributed by atoms with Crippen molar-refractivity contribution in [2.45, 2.75) is 154 Å². The number of aliphatic hydroxyl groups is 4. The van der Waals surface area contributed by atoms with Crippen LogP contribution in [0, 0.1) is 29.6 Å². The average molecular weight is 709 g/mol. The summed E-state index contributed by atoms with van der Waals surface area (Å²) in [6.45, 7) is 4.43. The van der Waals surface area contributed by atoms with Crippen LogP contribution in [0.2, 0.25) is 0 Å². The van der Waals surface area contributed by atoms with E-state index in [1.165, 1.54) is 24.8 Å². The van der Waals surface area contributed by atoms with Gasteiger partial charge in [0.25, 0.3) is 0 Å². The summed E-state index contributed by atoms with van der Waals surface area (Å²) in [4.78, 5) is 21.4. The summed E-state index contributed by atoms with van der Waals surface area (Å²) >= 11 is 0. The first-order valence-electron chi connectivity index (χ1n) is 20.0. The molecule has 8 unspecified atom stereocenters. The zero-order valence-corrected chi connectivity index (χ0v) is 31.3. The van der Waals surface area contributed by atoms with Crippen LogP contribution in [0.1, 0.15) is 133 Å². The molecule has 0 aliphatic heterocycles. The number of unbranched alkanes of at least 4 members (excludes halogenated alkanes) is 4. The van der Waals surface area contributed by atoms with Gasteiger partial charge in [-0.15, -0.1) is 0 Å². The predicted octanol–water partition coefficient (Wildman–Crippen LogP) is 6.58. The molecule has 2 aromatic heterocycles. The zero-order chi connectivity index (χ0) is 36.8. The van der Waals surface area contributed by atoms with E-state index in [0.29, 0.717) is 50.3 Å². The van der Waals surface area contributed by atoms with Crippen LogP contribution < -0.4 is 10.7 Å². The molecule has 0 aromatic carbocycles. The van der Waals surface area contributed by atoms with E-state index >= 15 is 0 Å². The zero-order valence-electron chi connectivity index (χ0n) is 31.3. The third-order valence-corrected chi connectivity index (χ3v) is 11.8. The number of anilines is 1. The highest BCUT2D eigenvalue weighted by molar-refractivity contribution is 5.70. The van der Waals surface area contributed by atoms with Crippen molar-refractivity contribution in [1.29, 1.82) is 0 Å². The lowest BCUT2D eigenvalue weighted by molar-refractivity contribution is -0.146. The highest BCUT2D eigenvalue weighted by Crippen LogP contribution is 2.46. The molecule has 51 heavy (non-hydrogen) atoms. The molecule has 0 amide bonds. The van der Waals surface area contributed by atoms with E-state index in [1.54, 1.807) is 6.20 Å². The normalized spacial score (nSPS) is 26.0. The number of nitrogen functional groups attached to an aromatic ring is 1. The fourth-order valence-corrected chi connectivity index (χ4v) is 8.90. The van der Waals surface area contributed by atoms with E-state index in [4.69, 9.17) is 10.7 Å². The number of hydrogen-bond acceptors (Lipinski definition) is 7. The molecule has 0 bridgehead atoms. The molecule has 9 heteroatoms. The highest BCUT2D eigenvalue weighted by atomic mass is 16.4. The van der Waals surface area contributed by atoms with Gasteiger partial charge in [0, 0.05) is 18.7 Å². The third-order valence-electron chi connectivity index (χ3n) is 11.8. The molecule has 4 rings (SSSR count). The van der Waals surface area contributed by atoms with Gasteiger partial charge in [-0.2, -0.15) is 11.4 Å². The minimum atomic E-state index is -1.06. The molecule has 286 valence electrons. The smallest absolute Gasteiger partial charge is 0.309 e. The molecule has 2 heterocycles. The van der Waals surface area contributed by atoms with Crippen molar-refractivity contribution in [1.82, 2.24) is 9.97 Å². The minimum Gasteiger partial charge on any atom is -0.664 e. The summed E-state index contributed by atoms with van der Waals surface area (Å²) < 4.78 is 0. The Morgan fingerprint density at radius 2 is 1.84 bits per heavy atom. The van der Waals surface area contributed by atoms with Crippen molar-refractivity contribution in [2.24, 2.45) is 29.6 Å². The Balaban J connectivity index is 1.32. The topological polar surface area (TPSA) is 171 Å². The number of aliphatic hydroxyl groups excluding tert-OH is 3. The second-order valence-corrected chi connectivity index (χ2v) is 15.8. The quantitative estimate of drug-likeness (QED) is 0.0551. The maximum Gasteiger partial charge on any atom is 0.309 e. The minimum absolute atomic E-state index is 0.0849. The van der Waals surface area contributed by atoms with E-state index in [9.17, 15) is 30.3 Å². The molecule has 2 aromatic rings. The van der Waals surface area contributed by atoms with Gasteiger partial charge >= 0.3 is 5.97 Å². The van der Waals surface area contributed by atoms with Crippen LogP contribution in [-0.4, -0.2) is 60.9 Å². The number of aliphatic carboxylic acids is 1. The molecule has 1 fully saturated rings. The molecule has 0 saturated heterocycles. The van der Waals surface area contributed by atoms with Gasteiger partial charge < -0.3 is 36.3 Å². The lowest BCUT2D eigenvalue weighted by atomic mass is 9.80.